The van der Waals surface area contributed by atoms with E-state index in [-0.39, 0.29) is 30.7 Å². The van der Waals surface area contributed by atoms with Gasteiger partial charge in [-0.3, -0.25) is 14.4 Å². The third-order valence-electron chi connectivity index (χ3n) is 11.0. The van der Waals surface area contributed by atoms with Crippen LogP contribution in [0, 0.1) is 0 Å². The molecule has 0 aliphatic carbocycles. The lowest BCUT2D eigenvalue weighted by Crippen LogP contribution is -2.55. The molecule has 3 atom stereocenters. The van der Waals surface area contributed by atoms with Gasteiger partial charge in [-0.1, -0.05) is 168 Å². The monoisotopic (exact) mass is 927 g/mol. The first kappa shape index (κ1) is 61.5. The fourth-order valence-electron chi connectivity index (χ4n) is 7.26. The molecular weight excluding hydrogens is 829 g/mol. The number of hydrogen-bond acceptors (Lipinski definition) is 9. The third kappa shape index (κ3) is 39.8. The van der Waals surface area contributed by atoms with Crippen LogP contribution in [0.1, 0.15) is 235 Å². The molecule has 0 aliphatic rings. The van der Waals surface area contributed by atoms with E-state index in [2.05, 4.69) is 35.1 Å². The van der Waals surface area contributed by atoms with Gasteiger partial charge in [-0.15, -0.1) is 0 Å². The van der Waals surface area contributed by atoms with E-state index in [1.807, 2.05) is 20.8 Å². The van der Waals surface area contributed by atoms with Gasteiger partial charge in [0.2, 0.25) is 17.7 Å². The van der Waals surface area contributed by atoms with E-state index in [0.717, 1.165) is 38.5 Å². The number of unbranched alkanes of at least 4 members (excludes halogenated alkanes) is 24. The summed E-state index contributed by atoms with van der Waals surface area (Å²) < 4.78 is 16.2. The minimum Gasteiger partial charge on any atom is -0.467 e. The molecule has 0 fully saturated rings. The first-order valence-electron chi connectivity index (χ1n) is 25.7. The van der Waals surface area contributed by atoms with Crippen molar-refractivity contribution in [1.82, 2.24) is 21.3 Å². The van der Waals surface area contributed by atoms with Crippen LogP contribution in [0.15, 0.2) is 0 Å². The van der Waals surface area contributed by atoms with Crippen LogP contribution in [0.3, 0.4) is 0 Å². The first-order valence-corrected chi connectivity index (χ1v) is 26.8. The summed E-state index contributed by atoms with van der Waals surface area (Å²) in [5, 5.41) is 11.5. The number of nitrogens with one attached hydrogen (secondary N) is 4. The van der Waals surface area contributed by atoms with Gasteiger partial charge < -0.3 is 35.5 Å². The predicted molar refractivity (Wildman–Crippen MR) is 266 cm³/mol. The SMILES string of the molecule is CCCCCCCCCCCCCCCC(=O)NC[C@H](CSC[C@H](NC(=O)OC(C)(C)C)C(=O)N[C@@H](COC(C)(C)C)C(=O)OC)NC(=O)CCCCCCCCCCCCCCC. The van der Waals surface area contributed by atoms with Crippen LogP contribution in [0.25, 0.3) is 0 Å². The van der Waals surface area contributed by atoms with Crippen LogP contribution in [0.4, 0.5) is 4.79 Å². The number of alkyl carbamates (subject to hydrolysis) is 1. The summed E-state index contributed by atoms with van der Waals surface area (Å²) in [5.74, 6) is -0.921. The summed E-state index contributed by atoms with van der Waals surface area (Å²) in [6.45, 7) is 15.3. The summed E-state index contributed by atoms with van der Waals surface area (Å²) in [5.41, 5.74) is -1.38. The maximum Gasteiger partial charge on any atom is 0.408 e. The number of methoxy groups -OCH3 is 1. The summed E-state index contributed by atoms with van der Waals surface area (Å²) >= 11 is 1.35. The quantitative estimate of drug-likeness (QED) is 0.0345. The summed E-state index contributed by atoms with van der Waals surface area (Å²) in [4.78, 5) is 65.3. The van der Waals surface area contributed by atoms with Gasteiger partial charge in [-0.05, 0) is 54.4 Å². The Morgan fingerprint density at radius 2 is 0.922 bits per heavy atom. The normalized spacial score (nSPS) is 13.1. The Balaban J connectivity index is 5.30. The smallest absolute Gasteiger partial charge is 0.408 e. The van der Waals surface area contributed by atoms with Crippen LogP contribution >= 0.6 is 11.8 Å². The number of amides is 4. The Kier molecular flexibility index (Phi) is 38.0. The predicted octanol–water partition coefficient (Wildman–Crippen LogP) is 11.6. The van der Waals surface area contributed by atoms with Gasteiger partial charge in [-0.25, -0.2) is 9.59 Å². The average molecular weight is 927 g/mol. The second-order valence-electron chi connectivity index (χ2n) is 19.8. The van der Waals surface area contributed by atoms with E-state index in [9.17, 15) is 24.0 Å². The van der Waals surface area contributed by atoms with Gasteiger partial charge >= 0.3 is 12.1 Å². The van der Waals surface area contributed by atoms with Crippen LogP contribution < -0.4 is 21.3 Å². The van der Waals surface area contributed by atoms with Crippen LogP contribution in [-0.4, -0.2) is 90.9 Å². The van der Waals surface area contributed by atoms with Crippen LogP contribution in [-0.2, 0) is 33.4 Å². The zero-order valence-corrected chi connectivity index (χ0v) is 43.4. The van der Waals surface area contributed by atoms with Crippen molar-refractivity contribution in [3.05, 3.63) is 0 Å². The molecule has 0 rings (SSSR count). The third-order valence-corrected chi connectivity index (χ3v) is 12.2. The highest BCUT2D eigenvalue weighted by Crippen LogP contribution is 2.16. The number of thioether (sulfide) groups is 1. The molecule has 64 heavy (non-hydrogen) atoms. The minimum absolute atomic E-state index is 0.0426. The molecule has 376 valence electrons. The number of rotatable bonds is 41. The van der Waals surface area contributed by atoms with Crippen LogP contribution in [0.5, 0.6) is 0 Å². The maximum absolute atomic E-state index is 13.7. The second kappa shape index (κ2) is 39.6. The molecule has 13 heteroatoms. The molecule has 0 heterocycles. The number of esters is 1. The van der Waals surface area contributed by atoms with E-state index in [0.29, 0.717) is 18.6 Å². The Bertz CT molecular complexity index is 1210. The number of carbonyl (C=O) groups is 5. The van der Waals surface area contributed by atoms with Gasteiger partial charge in [-0.2, -0.15) is 11.8 Å². The topological polar surface area (TPSA) is 161 Å². The van der Waals surface area contributed by atoms with Gasteiger partial charge in [0.1, 0.15) is 11.6 Å². The zero-order chi connectivity index (χ0) is 47.9. The molecule has 12 nitrogen and oxygen atoms in total. The molecule has 0 aromatic carbocycles. The summed E-state index contributed by atoms with van der Waals surface area (Å²) in [6, 6.07) is -2.59. The van der Waals surface area contributed by atoms with Crippen molar-refractivity contribution in [2.24, 2.45) is 0 Å². The van der Waals surface area contributed by atoms with E-state index >= 15 is 0 Å². The molecule has 0 saturated carbocycles. The van der Waals surface area contributed by atoms with E-state index < -0.39 is 47.3 Å². The highest BCUT2D eigenvalue weighted by Gasteiger charge is 2.30. The average Bonchev–Trinajstić information content (AvgIpc) is 3.22. The van der Waals surface area contributed by atoms with Crippen molar-refractivity contribution < 1.29 is 38.2 Å². The molecule has 4 amide bonds. The number of carbonyl (C=O) groups excluding carboxylic acids is 5. The molecule has 0 saturated heterocycles. The maximum atomic E-state index is 13.7. The van der Waals surface area contributed by atoms with Gasteiger partial charge in [0.15, 0.2) is 6.04 Å². The number of ether oxygens (including phenoxy) is 3. The molecule has 0 radical (unpaired) electrons. The Morgan fingerprint density at radius 3 is 1.33 bits per heavy atom. The lowest BCUT2D eigenvalue weighted by atomic mass is 10.0. The first-order chi connectivity index (χ1) is 30.5. The van der Waals surface area contributed by atoms with Crippen LogP contribution in [0.2, 0.25) is 0 Å². The van der Waals surface area contributed by atoms with Gasteiger partial charge in [0.05, 0.1) is 25.4 Å². The molecule has 0 aromatic rings. The molecule has 0 spiro atoms. The highest BCUT2D eigenvalue weighted by atomic mass is 32.2. The van der Waals surface area contributed by atoms with Crippen molar-refractivity contribution in [2.45, 2.75) is 265 Å². The molecule has 0 aliphatic heterocycles. The largest absolute Gasteiger partial charge is 0.467 e. The van der Waals surface area contributed by atoms with E-state index in [4.69, 9.17) is 14.2 Å². The van der Waals surface area contributed by atoms with Crippen molar-refractivity contribution >= 4 is 41.5 Å². The Morgan fingerprint density at radius 1 is 0.500 bits per heavy atom. The van der Waals surface area contributed by atoms with E-state index in [1.54, 1.807) is 20.8 Å². The lowest BCUT2D eigenvalue weighted by Gasteiger charge is -2.27. The lowest BCUT2D eigenvalue weighted by molar-refractivity contribution is -0.148. The number of hydrogen-bond donors (Lipinski definition) is 4. The van der Waals surface area contributed by atoms with Crippen molar-refractivity contribution in [1.29, 1.82) is 0 Å². The fourth-order valence-corrected chi connectivity index (χ4v) is 8.35. The summed E-state index contributed by atoms with van der Waals surface area (Å²) in [7, 11) is 1.23. The Hall–Kier alpha value is -2.54. The van der Waals surface area contributed by atoms with Crippen molar-refractivity contribution in [3.63, 3.8) is 0 Å². The standard InChI is InChI=1S/C51H98N4O8S/c1-10-12-14-16-18-20-22-24-26-28-30-32-34-36-45(56)52-38-42(53-46(57)37-35-33-31-29-27-25-23-21-19-17-15-13-11-2)40-64-41-44(55-49(60)63-51(6,7)8)47(58)54-43(48(59)61-9)39-62-50(3,4)5/h42-44H,10-41H2,1-9H3,(H,52,56)(H,53,57)(H,54,58)(H,55,60)/t42-,43+,44+/m1/s1. The highest BCUT2D eigenvalue weighted by molar-refractivity contribution is 7.99. The molecule has 0 bridgehead atoms. The zero-order valence-electron chi connectivity index (χ0n) is 42.5. The van der Waals surface area contributed by atoms with Crippen molar-refractivity contribution in [3.8, 4) is 0 Å². The molecule has 4 N–H and O–H groups in total. The fraction of sp³-hybridized carbons (Fsp3) is 0.902. The molecule has 0 aromatic heterocycles. The molecular formula is C51H98N4O8S. The van der Waals surface area contributed by atoms with Crippen molar-refractivity contribution in [2.75, 3.05) is 31.8 Å². The van der Waals surface area contributed by atoms with E-state index in [1.165, 1.54) is 147 Å². The Labute approximate surface area is 395 Å². The minimum atomic E-state index is -1.10. The molecule has 0 unspecified atom stereocenters. The summed E-state index contributed by atoms with van der Waals surface area (Å²) in [6.07, 6.45) is 32.2. The van der Waals surface area contributed by atoms with Gasteiger partial charge in [0.25, 0.3) is 0 Å². The second-order valence-corrected chi connectivity index (χ2v) is 20.9. The van der Waals surface area contributed by atoms with Gasteiger partial charge in [0, 0.05) is 30.9 Å².